The third-order valence-electron chi connectivity index (χ3n) is 3.01. The van der Waals surface area contributed by atoms with E-state index in [1.54, 1.807) is 12.1 Å². The van der Waals surface area contributed by atoms with Gasteiger partial charge in [-0.1, -0.05) is 6.92 Å². The van der Waals surface area contributed by atoms with Crippen molar-refractivity contribution >= 4 is 17.3 Å². The van der Waals surface area contributed by atoms with Gasteiger partial charge in [-0.2, -0.15) is 0 Å². The first-order valence-electron chi connectivity index (χ1n) is 6.36. The van der Waals surface area contributed by atoms with Gasteiger partial charge in [-0.25, -0.2) is 4.98 Å². The molecule has 1 aliphatic heterocycles. The molecular weight excluding hydrogens is 232 g/mol. The molecule has 1 aromatic heterocycles. The Labute approximate surface area is 106 Å². The van der Waals surface area contributed by atoms with E-state index in [4.69, 9.17) is 0 Å². The Morgan fingerprint density at radius 2 is 2.17 bits per heavy atom. The topological polar surface area (TPSA) is 71.3 Å². The lowest BCUT2D eigenvalue weighted by Crippen LogP contribution is -2.21. The van der Waals surface area contributed by atoms with Crippen molar-refractivity contribution in [2.24, 2.45) is 0 Å². The summed E-state index contributed by atoms with van der Waals surface area (Å²) in [6.07, 6.45) is 3.15. The minimum absolute atomic E-state index is 0.0962. The third-order valence-corrected chi connectivity index (χ3v) is 3.01. The van der Waals surface area contributed by atoms with Crippen LogP contribution in [0.2, 0.25) is 0 Å². The predicted molar refractivity (Wildman–Crippen MR) is 71.1 cm³/mol. The Hall–Kier alpha value is -1.85. The van der Waals surface area contributed by atoms with Crippen LogP contribution in [0.4, 0.5) is 17.3 Å². The summed E-state index contributed by atoms with van der Waals surface area (Å²) < 4.78 is 0. The highest BCUT2D eigenvalue weighted by Crippen LogP contribution is 2.29. The zero-order valence-electron chi connectivity index (χ0n) is 10.6. The quantitative estimate of drug-likeness (QED) is 0.641. The van der Waals surface area contributed by atoms with Crippen molar-refractivity contribution in [2.45, 2.75) is 26.2 Å². The summed E-state index contributed by atoms with van der Waals surface area (Å²) in [5.41, 5.74) is 0.0962. The van der Waals surface area contributed by atoms with E-state index in [9.17, 15) is 10.1 Å². The van der Waals surface area contributed by atoms with Crippen molar-refractivity contribution in [3.8, 4) is 0 Å². The third kappa shape index (κ3) is 2.69. The average Bonchev–Trinajstić information content (AvgIpc) is 2.89. The number of aromatic nitrogens is 1. The maximum atomic E-state index is 11.0. The predicted octanol–water partition coefficient (Wildman–Crippen LogP) is 2.41. The molecule has 0 spiro atoms. The number of hydrogen-bond donors (Lipinski definition) is 1. The van der Waals surface area contributed by atoms with Crippen molar-refractivity contribution in [3.05, 3.63) is 22.2 Å². The van der Waals surface area contributed by atoms with Gasteiger partial charge in [0.2, 0.25) is 5.82 Å². The molecule has 6 heteroatoms. The molecule has 0 unspecified atom stereocenters. The van der Waals surface area contributed by atoms with Crippen LogP contribution in [0.3, 0.4) is 0 Å². The lowest BCUT2D eigenvalue weighted by molar-refractivity contribution is -0.384. The molecule has 0 saturated carbocycles. The number of nitrogens with zero attached hydrogens (tertiary/aromatic N) is 3. The molecule has 1 aliphatic rings. The molecule has 18 heavy (non-hydrogen) atoms. The molecule has 98 valence electrons. The molecular formula is C12H18N4O2. The van der Waals surface area contributed by atoms with E-state index in [2.05, 4.69) is 17.2 Å². The van der Waals surface area contributed by atoms with E-state index in [-0.39, 0.29) is 10.6 Å². The van der Waals surface area contributed by atoms with Crippen LogP contribution < -0.4 is 10.2 Å². The summed E-state index contributed by atoms with van der Waals surface area (Å²) in [7, 11) is 0. The standard InChI is InChI=1S/C12H18N4O2/c1-2-7-13-11-6-5-10(16(17)18)12(14-11)15-8-3-4-9-15/h5-6H,2-4,7-9H2,1H3,(H,13,14). The fourth-order valence-electron chi connectivity index (χ4n) is 2.10. The maximum absolute atomic E-state index is 11.0. The number of nitrogens with one attached hydrogen (secondary N) is 1. The van der Waals surface area contributed by atoms with Crippen molar-refractivity contribution < 1.29 is 4.92 Å². The van der Waals surface area contributed by atoms with E-state index in [1.165, 1.54) is 0 Å². The molecule has 0 radical (unpaired) electrons. The number of pyridine rings is 1. The highest BCUT2D eigenvalue weighted by molar-refractivity contribution is 5.62. The van der Waals surface area contributed by atoms with Gasteiger partial charge in [0.05, 0.1) is 4.92 Å². The SMILES string of the molecule is CCCNc1ccc([N+](=O)[O-])c(N2CCCC2)n1. The Morgan fingerprint density at radius 3 is 2.78 bits per heavy atom. The molecule has 0 aliphatic carbocycles. The van der Waals surface area contributed by atoms with Gasteiger partial charge in [-0.15, -0.1) is 0 Å². The Kier molecular flexibility index (Phi) is 3.96. The summed E-state index contributed by atoms with van der Waals surface area (Å²) in [6, 6.07) is 3.21. The average molecular weight is 250 g/mol. The van der Waals surface area contributed by atoms with Gasteiger partial charge in [-0.3, -0.25) is 10.1 Å². The van der Waals surface area contributed by atoms with Crippen LogP contribution in [0.1, 0.15) is 26.2 Å². The van der Waals surface area contributed by atoms with Gasteiger partial charge in [0.25, 0.3) is 0 Å². The summed E-state index contributed by atoms with van der Waals surface area (Å²) in [5.74, 6) is 1.21. The lowest BCUT2D eigenvalue weighted by Gasteiger charge is -2.17. The van der Waals surface area contributed by atoms with Crippen LogP contribution in [-0.4, -0.2) is 29.5 Å². The Balaban J connectivity index is 2.28. The van der Waals surface area contributed by atoms with Gasteiger partial charge in [0.1, 0.15) is 5.82 Å². The second kappa shape index (κ2) is 5.66. The maximum Gasteiger partial charge on any atom is 0.311 e. The van der Waals surface area contributed by atoms with Crippen LogP contribution in [0.5, 0.6) is 0 Å². The van der Waals surface area contributed by atoms with E-state index in [0.29, 0.717) is 11.6 Å². The highest BCUT2D eigenvalue weighted by Gasteiger charge is 2.24. The number of anilines is 2. The van der Waals surface area contributed by atoms with Crippen molar-refractivity contribution in [1.29, 1.82) is 0 Å². The highest BCUT2D eigenvalue weighted by atomic mass is 16.6. The number of nitro groups is 1. The normalized spacial score (nSPS) is 14.8. The van der Waals surface area contributed by atoms with Gasteiger partial charge in [0, 0.05) is 25.7 Å². The van der Waals surface area contributed by atoms with Crippen molar-refractivity contribution in [2.75, 3.05) is 29.9 Å². The molecule has 0 atom stereocenters. The molecule has 6 nitrogen and oxygen atoms in total. The number of rotatable bonds is 5. The first-order valence-corrected chi connectivity index (χ1v) is 6.36. The monoisotopic (exact) mass is 250 g/mol. The van der Waals surface area contributed by atoms with E-state index in [1.807, 2.05) is 4.90 Å². The lowest BCUT2D eigenvalue weighted by atomic mass is 10.3. The van der Waals surface area contributed by atoms with Crippen molar-refractivity contribution in [3.63, 3.8) is 0 Å². The molecule has 2 heterocycles. The molecule has 2 rings (SSSR count). The van der Waals surface area contributed by atoms with Gasteiger partial charge in [0.15, 0.2) is 0 Å². The summed E-state index contributed by atoms with van der Waals surface area (Å²) in [4.78, 5) is 17.0. The van der Waals surface area contributed by atoms with Crippen LogP contribution in [0.25, 0.3) is 0 Å². The Bertz CT molecular complexity index is 430. The van der Waals surface area contributed by atoms with Crippen LogP contribution in [0, 0.1) is 10.1 Å². The van der Waals surface area contributed by atoms with E-state index < -0.39 is 0 Å². The minimum atomic E-state index is -0.357. The zero-order valence-corrected chi connectivity index (χ0v) is 10.6. The van der Waals surface area contributed by atoms with Crippen LogP contribution in [-0.2, 0) is 0 Å². The first-order chi connectivity index (χ1) is 8.72. The van der Waals surface area contributed by atoms with E-state index >= 15 is 0 Å². The zero-order chi connectivity index (χ0) is 13.0. The second-order valence-corrected chi connectivity index (χ2v) is 4.42. The molecule has 1 saturated heterocycles. The largest absolute Gasteiger partial charge is 0.370 e. The minimum Gasteiger partial charge on any atom is -0.370 e. The molecule has 1 N–H and O–H groups in total. The summed E-state index contributed by atoms with van der Waals surface area (Å²) in [6.45, 7) is 4.60. The van der Waals surface area contributed by atoms with Crippen LogP contribution in [0.15, 0.2) is 12.1 Å². The van der Waals surface area contributed by atoms with Gasteiger partial charge in [-0.05, 0) is 25.3 Å². The van der Waals surface area contributed by atoms with E-state index in [0.717, 1.165) is 38.9 Å². The number of hydrogen-bond acceptors (Lipinski definition) is 5. The Morgan fingerprint density at radius 1 is 1.44 bits per heavy atom. The molecule has 1 aromatic rings. The van der Waals surface area contributed by atoms with Crippen LogP contribution >= 0.6 is 0 Å². The molecule has 1 fully saturated rings. The molecule has 0 aromatic carbocycles. The second-order valence-electron chi connectivity index (χ2n) is 4.42. The first kappa shape index (κ1) is 12.6. The molecule has 0 bridgehead atoms. The van der Waals surface area contributed by atoms with Gasteiger partial charge >= 0.3 is 5.69 Å². The van der Waals surface area contributed by atoms with Crippen molar-refractivity contribution in [1.82, 2.24) is 4.98 Å². The summed E-state index contributed by atoms with van der Waals surface area (Å²) in [5, 5.41) is 14.2. The summed E-state index contributed by atoms with van der Waals surface area (Å²) >= 11 is 0. The fourth-order valence-corrected chi connectivity index (χ4v) is 2.10. The smallest absolute Gasteiger partial charge is 0.311 e. The fraction of sp³-hybridized carbons (Fsp3) is 0.583. The molecule has 0 amide bonds. The van der Waals surface area contributed by atoms with Gasteiger partial charge < -0.3 is 10.2 Å².